The molecule has 2 aromatic rings. The number of allylic oxidation sites excluding steroid dienone is 1. The number of unbranched alkanes of at least 4 members (excludes halogenated alkanes) is 3. The third kappa shape index (κ3) is 7.25. The van der Waals surface area contributed by atoms with Crippen LogP contribution in [0.25, 0.3) is 0 Å². The van der Waals surface area contributed by atoms with Crippen LogP contribution in [-0.4, -0.2) is 90.3 Å². The Morgan fingerprint density at radius 2 is 1.65 bits per heavy atom. The van der Waals surface area contributed by atoms with E-state index in [0.717, 1.165) is 31.6 Å². The van der Waals surface area contributed by atoms with Gasteiger partial charge in [-0.05, 0) is 69.9 Å². The molecule has 1 spiro atoms. The number of ether oxygens (including phenoxy) is 2. The second kappa shape index (κ2) is 16.5. The smallest absolute Gasteiger partial charge is 0.313 e. The fraction of sp³-hybridized carbons (Fsp3) is 0.512. The topological polar surface area (TPSA) is 129 Å². The lowest BCUT2D eigenvalue weighted by Gasteiger charge is -2.35. The van der Waals surface area contributed by atoms with E-state index in [0.29, 0.717) is 37.1 Å². The maximum absolute atomic E-state index is 14.9. The highest BCUT2D eigenvalue weighted by Crippen LogP contribution is 2.53. The first-order chi connectivity index (χ1) is 25.2. The Morgan fingerprint density at radius 3 is 2.37 bits per heavy atom. The van der Waals surface area contributed by atoms with E-state index < -0.39 is 47.7 Å². The fourth-order valence-electron chi connectivity index (χ4n) is 8.36. The fourth-order valence-corrected chi connectivity index (χ4v) is 8.36. The first-order valence-corrected chi connectivity index (χ1v) is 18.9. The standard InChI is InChI=1S/C41H52N4O7/c1-4-43(5-2)30-20-22-31(23-21-30)44-26-15-24-41-35(38(48)45(37(41)39(44)49)25-13-6-7-14-27-46)34-32(52-41)18-11-12-19-33(47)42-28(3)36(51-40(34)50)29-16-9-8-10-17-29/h8-11,15-18,20-24,28,32,34-37,46H,4-7,12-14,19,25-27H2,1-3H3,(H,42,47)/b18-11-/t28-,32-,34+,35+,36+,37-,41+/m1/s1. The summed E-state index contributed by atoms with van der Waals surface area (Å²) < 4.78 is 13.2. The number of amides is 3. The van der Waals surface area contributed by atoms with E-state index in [9.17, 15) is 24.3 Å². The molecule has 2 N–H and O–H groups in total. The Morgan fingerprint density at radius 1 is 0.923 bits per heavy atom. The summed E-state index contributed by atoms with van der Waals surface area (Å²) in [4.78, 5) is 62.6. The molecule has 7 atom stereocenters. The van der Waals surface area contributed by atoms with Gasteiger partial charge in [-0.15, -0.1) is 0 Å². The summed E-state index contributed by atoms with van der Waals surface area (Å²) in [6.45, 7) is 8.40. The number of esters is 1. The van der Waals surface area contributed by atoms with Crippen molar-refractivity contribution in [1.82, 2.24) is 10.2 Å². The minimum atomic E-state index is -1.42. The molecule has 2 saturated heterocycles. The van der Waals surface area contributed by atoms with Crippen molar-refractivity contribution in [3.63, 3.8) is 0 Å². The van der Waals surface area contributed by atoms with E-state index in [1.165, 1.54) is 0 Å². The van der Waals surface area contributed by atoms with Gasteiger partial charge >= 0.3 is 5.97 Å². The number of carbonyl (C=O) groups is 4. The van der Waals surface area contributed by atoms with Crippen molar-refractivity contribution in [2.45, 2.75) is 89.2 Å². The van der Waals surface area contributed by atoms with Crippen LogP contribution in [0.15, 0.2) is 78.9 Å². The molecule has 11 nitrogen and oxygen atoms in total. The van der Waals surface area contributed by atoms with Crippen LogP contribution < -0.4 is 15.1 Å². The molecule has 11 heteroatoms. The normalized spacial score (nSPS) is 29.6. The lowest BCUT2D eigenvalue weighted by Crippen LogP contribution is -2.55. The number of hydrogen-bond donors (Lipinski definition) is 2. The van der Waals surface area contributed by atoms with Gasteiger partial charge in [0, 0.05) is 50.6 Å². The van der Waals surface area contributed by atoms with E-state index in [1.807, 2.05) is 72.8 Å². The predicted molar refractivity (Wildman–Crippen MR) is 198 cm³/mol. The van der Waals surface area contributed by atoms with Crippen molar-refractivity contribution in [3.05, 3.63) is 84.5 Å². The lowest BCUT2D eigenvalue weighted by atomic mass is 9.77. The van der Waals surface area contributed by atoms with Crippen molar-refractivity contribution in [3.8, 4) is 0 Å². The summed E-state index contributed by atoms with van der Waals surface area (Å²) in [5.74, 6) is -3.40. The van der Waals surface area contributed by atoms with Gasteiger partial charge in [-0.1, -0.05) is 67.5 Å². The van der Waals surface area contributed by atoms with Crippen molar-refractivity contribution in [1.29, 1.82) is 0 Å². The molecule has 6 rings (SSSR count). The van der Waals surface area contributed by atoms with Gasteiger partial charge < -0.3 is 34.6 Å². The molecule has 0 bridgehead atoms. The number of fused-ring (bicyclic) bond motifs is 2. The molecule has 0 saturated carbocycles. The zero-order chi connectivity index (χ0) is 36.8. The minimum absolute atomic E-state index is 0.0978. The van der Waals surface area contributed by atoms with Crippen LogP contribution in [-0.2, 0) is 28.7 Å². The molecule has 3 amide bonds. The lowest BCUT2D eigenvalue weighted by molar-refractivity contribution is -0.161. The molecule has 0 aliphatic carbocycles. The van der Waals surface area contributed by atoms with Crippen LogP contribution in [0.4, 0.5) is 11.4 Å². The maximum Gasteiger partial charge on any atom is 0.313 e. The molecule has 52 heavy (non-hydrogen) atoms. The molecule has 4 aliphatic heterocycles. The molecule has 4 heterocycles. The number of cyclic esters (lactones) is 1. The molecule has 0 radical (unpaired) electrons. The van der Waals surface area contributed by atoms with Gasteiger partial charge in [0.2, 0.25) is 11.8 Å². The Bertz CT molecular complexity index is 1640. The largest absolute Gasteiger partial charge is 0.455 e. The van der Waals surface area contributed by atoms with E-state index in [4.69, 9.17) is 9.47 Å². The summed E-state index contributed by atoms with van der Waals surface area (Å²) in [5.41, 5.74) is 1.06. The van der Waals surface area contributed by atoms with Gasteiger partial charge in [-0.2, -0.15) is 0 Å². The number of aliphatic hydroxyl groups is 1. The number of carbonyl (C=O) groups excluding carboxylic acids is 4. The number of nitrogens with one attached hydrogen (secondary N) is 1. The van der Waals surface area contributed by atoms with Gasteiger partial charge in [-0.25, -0.2) is 0 Å². The summed E-state index contributed by atoms with van der Waals surface area (Å²) in [6, 6.07) is 15.6. The Kier molecular flexibility index (Phi) is 11.8. The molecule has 2 fully saturated rings. The first-order valence-electron chi connectivity index (χ1n) is 18.9. The molecule has 4 aliphatic rings. The van der Waals surface area contributed by atoms with Crippen LogP contribution in [0.2, 0.25) is 0 Å². The van der Waals surface area contributed by atoms with Crippen LogP contribution in [0.3, 0.4) is 0 Å². The SMILES string of the molecule is CCN(CC)c1ccc(N2CC=C[C@]34O[C@@H]5/C=C\CCC(=O)N[C@H](C)[C@@H](c6ccccc6)OC(=O)[C@@H]5[C@H]3C(=O)N(CCCCCCO)[C@@H]4C2=O)cc1. The van der Waals surface area contributed by atoms with E-state index in [2.05, 4.69) is 24.1 Å². The molecule has 278 valence electrons. The number of rotatable bonds is 11. The van der Waals surface area contributed by atoms with Gasteiger partial charge in [0.1, 0.15) is 23.7 Å². The van der Waals surface area contributed by atoms with Crippen molar-refractivity contribution in [2.24, 2.45) is 11.8 Å². The number of hydrogen-bond acceptors (Lipinski definition) is 8. The van der Waals surface area contributed by atoms with Gasteiger partial charge in [-0.3, -0.25) is 19.2 Å². The molecule has 0 unspecified atom stereocenters. The average molecular weight is 713 g/mol. The third-order valence-electron chi connectivity index (χ3n) is 10.9. The highest BCUT2D eigenvalue weighted by atomic mass is 16.6. The molecular formula is C41H52N4O7. The van der Waals surface area contributed by atoms with Gasteiger partial charge in [0.05, 0.1) is 18.1 Å². The molecular weight excluding hydrogens is 660 g/mol. The number of anilines is 2. The second-order valence-electron chi connectivity index (χ2n) is 14.1. The number of nitrogens with zero attached hydrogens (tertiary/aromatic N) is 3. The van der Waals surface area contributed by atoms with Crippen molar-refractivity contribution in [2.75, 3.05) is 42.6 Å². The highest BCUT2D eigenvalue weighted by Gasteiger charge is 2.71. The van der Waals surface area contributed by atoms with E-state index in [-0.39, 0.29) is 37.3 Å². The Labute approximate surface area is 306 Å². The van der Waals surface area contributed by atoms with Gasteiger partial charge in [0.15, 0.2) is 0 Å². The van der Waals surface area contributed by atoms with Crippen molar-refractivity contribution < 1.29 is 33.8 Å². The number of aliphatic hydroxyl groups excluding tert-OH is 1. The number of benzene rings is 2. The van der Waals surface area contributed by atoms with Gasteiger partial charge in [0.25, 0.3) is 5.91 Å². The third-order valence-corrected chi connectivity index (χ3v) is 10.9. The summed E-state index contributed by atoms with van der Waals surface area (Å²) in [6.07, 6.45) is 9.12. The molecule has 0 aromatic heterocycles. The second-order valence-corrected chi connectivity index (χ2v) is 14.1. The summed E-state index contributed by atoms with van der Waals surface area (Å²) in [5, 5.41) is 12.3. The van der Waals surface area contributed by atoms with E-state index >= 15 is 0 Å². The summed E-state index contributed by atoms with van der Waals surface area (Å²) >= 11 is 0. The molecule has 2 aromatic carbocycles. The van der Waals surface area contributed by atoms with Crippen LogP contribution in [0, 0.1) is 11.8 Å². The van der Waals surface area contributed by atoms with Crippen LogP contribution >= 0.6 is 0 Å². The quantitative estimate of drug-likeness (QED) is 0.195. The highest BCUT2D eigenvalue weighted by molar-refractivity contribution is 6.05. The predicted octanol–water partition coefficient (Wildman–Crippen LogP) is 4.71. The van der Waals surface area contributed by atoms with Crippen LogP contribution in [0.1, 0.15) is 71.0 Å². The first kappa shape index (κ1) is 37.3. The van der Waals surface area contributed by atoms with Crippen molar-refractivity contribution >= 4 is 35.1 Å². The zero-order valence-electron chi connectivity index (χ0n) is 30.5. The van der Waals surface area contributed by atoms with Crippen LogP contribution in [0.5, 0.6) is 0 Å². The summed E-state index contributed by atoms with van der Waals surface area (Å²) in [7, 11) is 0. The Balaban J connectivity index is 1.39. The Hall–Kier alpha value is -4.48. The average Bonchev–Trinajstić information content (AvgIpc) is 3.53. The minimum Gasteiger partial charge on any atom is -0.455 e. The monoisotopic (exact) mass is 712 g/mol. The maximum atomic E-state index is 14.9. The van der Waals surface area contributed by atoms with E-state index in [1.54, 1.807) is 22.8 Å². The number of likely N-dealkylation sites (tertiary alicyclic amines) is 1. The zero-order valence-corrected chi connectivity index (χ0v) is 30.5.